The maximum absolute atomic E-state index is 4.58. The van der Waals surface area contributed by atoms with Gasteiger partial charge in [-0.3, -0.25) is 4.98 Å². The van der Waals surface area contributed by atoms with Crippen molar-refractivity contribution in [2.45, 2.75) is 45.2 Å². The fourth-order valence-corrected chi connectivity index (χ4v) is 3.06. The van der Waals surface area contributed by atoms with Crippen molar-refractivity contribution in [3.63, 3.8) is 0 Å². The molecule has 0 saturated heterocycles. The second-order valence-corrected chi connectivity index (χ2v) is 6.39. The quantitative estimate of drug-likeness (QED) is 0.853. The zero-order valence-corrected chi connectivity index (χ0v) is 12.7. The predicted molar refractivity (Wildman–Crippen MR) is 80.2 cm³/mol. The number of hydrogen-bond acceptors (Lipinski definition) is 3. The number of aromatic nitrogens is 1. The lowest BCUT2D eigenvalue weighted by Crippen LogP contribution is -2.40. The topological polar surface area (TPSA) is 28.2 Å². The Labute approximate surface area is 117 Å². The van der Waals surface area contributed by atoms with E-state index >= 15 is 0 Å². The highest BCUT2D eigenvalue weighted by molar-refractivity contribution is 5.28. The van der Waals surface area contributed by atoms with Crippen molar-refractivity contribution in [3.05, 3.63) is 29.6 Å². The van der Waals surface area contributed by atoms with Gasteiger partial charge in [0.05, 0.1) is 11.7 Å². The Kier molecular flexibility index (Phi) is 4.94. The van der Waals surface area contributed by atoms with Gasteiger partial charge in [0, 0.05) is 18.8 Å². The molecule has 1 aromatic rings. The summed E-state index contributed by atoms with van der Waals surface area (Å²) in [6, 6.07) is 5.26. The molecule has 1 aromatic heterocycles. The van der Waals surface area contributed by atoms with Gasteiger partial charge in [-0.2, -0.15) is 0 Å². The first-order valence-corrected chi connectivity index (χ1v) is 7.41. The zero-order chi connectivity index (χ0) is 13.8. The number of fused-ring (bicyclic) bond motifs is 1. The van der Waals surface area contributed by atoms with Crippen LogP contribution in [0.1, 0.15) is 44.0 Å². The summed E-state index contributed by atoms with van der Waals surface area (Å²) < 4.78 is 0. The lowest BCUT2D eigenvalue weighted by molar-refractivity contribution is 0.284. The summed E-state index contributed by atoms with van der Waals surface area (Å²) in [5.74, 6) is 0.724. The van der Waals surface area contributed by atoms with E-state index in [1.165, 1.54) is 24.1 Å². The van der Waals surface area contributed by atoms with E-state index in [1.807, 2.05) is 12.3 Å². The molecule has 3 heteroatoms. The molecule has 0 fully saturated rings. The fourth-order valence-electron chi connectivity index (χ4n) is 3.06. The van der Waals surface area contributed by atoms with Crippen LogP contribution < -0.4 is 5.32 Å². The van der Waals surface area contributed by atoms with Crippen LogP contribution in [0.15, 0.2) is 18.3 Å². The molecule has 2 rings (SSSR count). The third-order valence-electron chi connectivity index (χ3n) is 3.74. The van der Waals surface area contributed by atoms with Gasteiger partial charge >= 0.3 is 0 Å². The molecule has 1 heterocycles. The van der Waals surface area contributed by atoms with Gasteiger partial charge < -0.3 is 10.2 Å². The van der Waals surface area contributed by atoms with Gasteiger partial charge in [-0.25, -0.2) is 0 Å². The third kappa shape index (κ3) is 4.02. The molecule has 0 saturated carbocycles. The van der Waals surface area contributed by atoms with Crippen molar-refractivity contribution in [3.8, 4) is 0 Å². The smallest absolute Gasteiger partial charge is 0.0605 e. The molecule has 0 amide bonds. The Morgan fingerprint density at radius 3 is 2.89 bits per heavy atom. The molecule has 0 aromatic carbocycles. The molecule has 19 heavy (non-hydrogen) atoms. The minimum Gasteiger partial charge on any atom is -0.308 e. The number of rotatable bonds is 6. The maximum atomic E-state index is 4.58. The zero-order valence-electron chi connectivity index (χ0n) is 12.7. The van der Waals surface area contributed by atoms with Crippen LogP contribution in [0.5, 0.6) is 0 Å². The normalized spacial score (nSPS) is 20.0. The summed E-state index contributed by atoms with van der Waals surface area (Å²) in [5, 5.41) is 3.83. The van der Waals surface area contributed by atoms with E-state index in [2.05, 4.69) is 49.2 Å². The second kappa shape index (κ2) is 6.49. The molecule has 0 spiro atoms. The lowest BCUT2D eigenvalue weighted by atomic mass is 10.0. The molecule has 1 N–H and O–H groups in total. The maximum Gasteiger partial charge on any atom is 0.0605 e. The summed E-state index contributed by atoms with van der Waals surface area (Å²) in [4.78, 5) is 6.85. The van der Waals surface area contributed by atoms with Crippen molar-refractivity contribution in [1.82, 2.24) is 15.2 Å². The molecule has 0 bridgehead atoms. The van der Waals surface area contributed by atoms with E-state index in [4.69, 9.17) is 0 Å². The largest absolute Gasteiger partial charge is 0.308 e. The van der Waals surface area contributed by atoms with Gasteiger partial charge in [0.15, 0.2) is 0 Å². The number of hydrogen-bond donors (Lipinski definition) is 1. The summed E-state index contributed by atoms with van der Waals surface area (Å²) in [6.45, 7) is 5.69. The highest BCUT2D eigenvalue weighted by Crippen LogP contribution is 2.29. The van der Waals surface area contributed by atoms with Crippen LogP contribution in [0.4, 0.5) is 0 Å². The number of nitrogens with one attached hydrogen (secondary N) is 1. The monoisotopic (exact) mass is 261 g/mol. The first kappa shape index (κ1) is 14.5. The number of nitrogens with zero attached hydrogens (tertiary/aromatic N) is 2. The van der Waals surface area contributed by atoms with E-state index < -0.39 is 0 Å². The van der Waals surface area contributed by atoms with Crippen molar-refractivity contribution >= 4 is 0 Å². The van der Waals surface area contributed by atoms with E-state index in [0.717, 1.165) is 18.9 Å². The average molecular weight is 261 g/mol. The Balaban J connectivity index is 2.01. The Morgan fingerprint density at radius 1 is 1.42 bits per heavy atom. The Hall–Kier alpha value is -0.930. The highest BCUT2D eigenvalue weighted by Gasteiger charge is 2.26. The molecule has 2 unspecified atom stereocenters. The van der Waals surface area contributed by atoms with E-state index in [0.29, 0.717) is 12.1 Å². The third-order valence-corrected chi connectivity index (χ3v) is 3.74. The van der Waals surface area contributed by atoms with Gasteiger partial charge in [0.1, 0.15) is 0 Å². The van der Waals surface area contributed by atoms with Crippen LogP contribution in [-0.2, 0) is 6.42 Å². The fraction of sp³-hybridized carbons (Fsp3) is 0.688. The van der Waals surface area contributed by atoms with E-state index in [-0.39, 0.29) is 0 Å². The summed E-state index contributed by atoms with van der Waals surface area (Å²) in [7, 11) is 4.30. The molecule has 1 aliphatic carbocycles. The van der Waals surface area contributed by atoms with Gasteiger partial charge in [-0.15, -0.1) is 0 Å². The lowest BCUT2D eigenvalue weighted by Gasteiger charge is -2.27. The molecule has 0 radical (unpaired) electrons. The first-order valence-electron chi connectivity index (χ1n) is 7.41. The van der Waals surface area contributed by atoms with Crippen LogP contribution in [0.2, 0.25) is 0 Å². The van der Waals surface area contributed by atoms with Crippen molar-refractivity contribution in [1.29, 1.82) is 0 Å². The first-order chi connectivity index (χ1) is 9.06. The predicted octanol–water partition coefficient (Wildman–Crippen LogP) is 2.63. The summed E-state index contributed by atoms with van der Waals surface area (Å²) >= 11 is 0. The summed E-state index contributed by atoms with van der Waals surface area (Å²) in [5.41, 5.74) is 2.70. The van der Waals surface area contributed by atoms with Crippen LogP contribution in [-0.4, -0.2) is 36.6 Å². The second-order valence-electron chi connectivity index (χ2n) is 6.39. The average Bonchev–Trinajstić information content (AvgIpc) is 2.71. The number of pyridine rings is 1. The molecule has 106 valence electrons. The van der Waals surface area contributed by atoms with Crippen LogP contribution in [0.25, 0.3) is 0 Å². The number of aryl methyl sites for hydroxylation is 1. The van der Waals surface area contributed by atoms with Crippen molar-refractivity contribution in [2.75, 3.05) is 20.6 Å². The molecular weight excluding hydrogens is 234 g/mol. The van der Waals surface area contributed by atoms with Crippen LogP contribution >= 0.6 is 0 Å². The Bertz CT molecular complexity index is 391. The van der Waals surface area contributed by atoms with Gasteiger partial charge in [-0.1, -0.05) is 19.9 Å². The standard InChI is InChI=1S/C16H27N3/c1-12(2)10-14(11-19(3)4)18-15-8-7-13-6-5-9-17-16(13)15/h5-6,9,12,14-15,18H,7-8,10-11H2,1-4H3. The molecule has 2 atom stereocenters. The molecule has 0 aliphatic heterocycles. The van der Waals surface area contributed by atoms with E-state index in [9.17, 15) is 0 Å². The Morgan fingerprint density at radius 2 is 2.21 bits per heavy atom. The summed E-state index contributed by atoms with van der Waals surface area (Å²) in [6.07, 6.45) is 5.49. The van der Waals surface area contributed by atoms with Gasteiger partial charge in [0.25, 0.3) is 0 Å². The highest BCUT2D eigenvalue weighted by atomic mass is 15.1. The van der Waals surface area contributed by atoms with Crippen LogP contribution in [0, 0.1) is 5.92 Å². The minimum atomic E-state index is 0.444. The van der Waals surface area contributed by atoms with E-state index in [1.54, 1.807) is 0 Å². The minimum absolute atomic E-state index is 0.444. The van der Waals surface area contributed by atoms with Gasteiger partial charge in [-0.05, 0) is 50.9 Å². The number of likely N-dealkylation sites (N-methyl/N-ethyl adjacent to an activating group) is 1. The molecule has 3 nitrogen and oxygen atoms in total. The molecule has 1 aliphatic rings. The van der Waals surface area contributed by atoms with Crippen LogP contribution in [0.3, 0.4) is 0 Å². The molecular formula is C16H27N3. The van der Waals surface area contributed by atoms with Crippen molar-refractivity contribution in [2.24, 2.45) is 5.92 Å². The van der Waals surface area contributed by atoms with Gasteiger partial charge in [0.2, 0.25) is 0 Å². The SMILES string of the molecule is CC(C)CC(CN(C)C)NC1CCc2cccnc21. The van der Waals surface area contributed by atoms with Crippen molar-refractivity contribution < 1.29 is 0 Å².